The van der Waals surface area contributed by atoms with Crippen molar-refractivity contribution in [1.82, 2.24) is 0 Å². The topological polar surface area (TPSA) is 116 Å². The molecule has 0 heterocycles. The first-order valence-corrected chi connectivity index (χ1v) is 7.12. The zero-order valence-electron chi connectivity index (χ0n) is 9.74. The fourth-order valence-electron chi connectivity index (χ4n) is 0.631. The second-order valence-electron chi connectivity index (χ2n) is 2.87. The van der Waals surface area contributed by atoms with Gasteiger partial charge in [0.15, 0.2) is 0 Å². The Hall–Kier alpha value is 0.140. The zero-order chi connectivity index (χ0) is 12.6. The first-order valence-electron chi connectivity index (χ1n) is 4.64. The minimum absolute atomic E-state index is 0. The van der Waals surface area contributed by atoms with E-state index in [1.807, 2.05) is 0 Å². The number of rotatable bonds is 8. The fraction of sp³-hybridized carbons (Fsp3) is 0.750. The summed E-state index contributed by atoms with van der Waals surface area (Å²) in [5.41, 5.74) is 10.8. The summed E-state index contributed by atoms with van der Waals surface area (Å²) in [6.07, 6.45) is 0. The van der Waals surface area contributed by atoms with Gasteiger partial charge in [-0.15, -0.1) is 24.8 Å². The molecule has 10 heteroatoms. The van der Waals surface area contributed by atoms with Crippen molar-refractivity contribution in [1.29, 1.82) is 0 Å². The number of hydrogen-bond acceptors (Lipinski definition) is 7. The molecule has 2 atom stereocenters. The zero-order valence-corrected chi connectivity index (χ0v) is 13.0. The Balaban J connectivity index is -0.00000112. The lowest BCUT2D eigenvalue weighted by atomic mass is 10.4. The van der Waals surface area contributed by atoms with Crippen LogP contribution in [0.4, 0.5) is 0 Å². The molecule has 6 nitrogen and oxygen atoms in total. The van der Waals surface area contributed by atoms with E-state index in [1.165, 1.54) is 21.6 Å². The number of carbonyl (C=O) groups excluding carboxylic acids is 1. The third-order valence-corrected chi connectivity index (χ3v) is 3.96. The van der Waals surface area contributed by atoms with E-state index in [0.717, 1.165) is 0 Å². The second kappa shape index (κ2) is 13.6. The average Bonchev–Trinajstić information content (AvgIpc) is 2.23. The van der Waals surface area contributed by atoms with Crippen molar-refractivity contribution >= 4 is 58.3 Å². The highest BCUT2D eigenvalue weighted by molar-refractivity contribution is 8.76. The molecule has 0 saturated heterocycles. The maximum absolute atomic E-state index is 11.1. The number of carboxylic acid groups (broad SMARTS) is 1. The normalized spacial score (nSPS) is 12.6. The fourth-order valence-corrected chi connectivity index (χ4v) is 2.85. The highest BCUT2D eigenvalue weighted by Gasteiger charge is 2.16. The van der Waals surface area contributed by atoms with E-state index in [4.69, 9.17) is 21.3 Å². The quantitative estimate of drug-likeness (QED) is 0.332. The molecule has 18 heavy (non-hydrogen) atoms. The van der Waals surface area contributed by atoms with Crippen LogP contribution in [0.1, 0.15) is 6.92 Å². The highest BCUT2D eigenvalue weighted by Crippen LogP contribution is 2.22. The van der Waals surface area contributed by atoms with Crippen molar-refractivity contribution in [2.45, 2.75) is 19.0 Å². The molecule has 110 valence electrons. The van der Waals surface area contributed by atoms with Gasteiger partial charge in [-0.05, 0) is 6.92 Å². The Morgan fingerprint density at radius 3 is 2.00 bits per heavy atom. The van der Waals surface area contributed by atoms with E-state index >= 15 is 0 Å². The Morgan fingerprint density at radius 1 is 1.17 bits per heavy atom. The predicted octanol–water partition coefficient (Wildman–Crippen LogP) is 0.514. The minimum Gasteiger partial charge on any atom is -0.480 e. The Morgan fingerprint density at radius 2 is 1.61 bits per heavy atom. The largest absolute Gasteiger partial charge is 0.480 e. The minimum atomic E-state index is -1.04. The van der Waals surface area contributed by atoms with Crippen LogP contribution in [0.5, 0.6) is 0 Å². The van der Waals surface area contributed by atoms with Crippen molar-refractivity contribution in [2.24, 2.45) is 11.5 Å². The molecule has 0 aromatic rings. The molecule has 0 bridgehead atoms. The summed E-state index contributed by atoms with van der Waals surface area (Å²) in [6.45, 7) is 2.01. The van der Waals surface area contributed by atoms with Crippen LogP contribution in [0.3, 0.4) is 0 Å². The maximum atomic E-state index is 11.1. The van der Waals surface area contributed by atoms with Gasteiger partial charge in [0.25, 0.3) is 0 Å². The smallest absolute Gasteiger partial charge is 0.323 e. The summed E-state index contributed by atoms with van der Waals surface area (Å²) in [5.74, 6) is -0.841. The van der Waals surface area contributed by atoms with Gasteiger partial charge in [0.2, 0.25) is 0 Å². The molecule has 0 saturated carbocycles. The van der Waals surface area contributed by atoms with Crippen molar-refractivity contribution in [2.75, 3.05) is 18.1 Å². The molecule has 0 aromatic carbocycles. The van der Waals surface area contributed by atoms with Crippen molar-refractivity contribution in [3.05, 3.63) is 0 Å². The number of carbonyl (C=O) groups is 2. The molecular weight excluding hydrogens is 323 g/mol. The van der Waals surface area contributed by atoms with Gasteiger partial charge in [0.05, 0.1) is 6.61 Å². The highest BCUT2D eigenvalue weighted by atomic mass is 35.5. The van der Waals surface area contributed by atoms with E-state index in [9.17, 15) is 9.59 Å². The number of ether oxygens (including phenoxy) is 1. The summed E-state index contributed by atoms with van der Waals surface area (Å²) < 4.78 is 4.71. The molecule has 0 rings (SSSR count). The van der Waals surface area contributed by atoms with Crippen LogP contribution in [0.25, 0.3) is 0 Å². The molecule has 0 amide bonds. The van der Waals surface area contributed by atoms with Gasteiger partial charge in [0, 0.05) is 11.5 Å². The van der Waals surface area contributed by atoms with Crippen LogP contribution in [-0.4, -0.2) is 47.2 Å². The van der Waals surface area contributed by atoms with E-state index in [-0.39, 0.29) is 30.6 Å². The van der Waals surface area contributed by atoms with Crippen LogP contribution >= 0.6 is 46.4 Å². The van der Waals surface area contributed by atoms with Gasteiger partial charge >= 0.3 is 11.9 Å². The maximum Gasteiger partial charge on any atom is 0.323 e. The lowest BCUT2D eigenvalue weighted by Crippen LogP contribution is -2.35. The first-order chi connectivity index (χ1) is 7.49. The van der Waals surface area contributed by atoms with E-state index in [1.54, 1.807) is 6.92 Å². The van der Waals surface area contributed by atoms with Crippen LogP contribution in [0.2, 0.25) is 0 Å². The van der Waals surface area contributed by atoms with E-state index in [0.29, 0.717) is 12.4 Å². The molecule has 0 aliphatic rings. The number of esters is 1. The Bertz CT molecular complexity index is 249. The van der Waals surface area contributed by atoms with Crippen LogP contribution in [-0.2, 0) is 14.3 Å². The Kier molecular flexibility index (Phi) is 17.5. The molecular formula is C8H18Cl2N2O4S2. The third kappa shape index (κ3) is 11.2. The summed E-state index contributed by atoms with van der Waals surface area (Å²) >= 11 is 0. The van der Waals surface area contributed by atoms with Crippen LogP contribution in [0.15, 0.2) is 0 Å². The summed E-state index contributed by atoms with van der Waals surface area (Å²) in [5, 5.41) is 8.50. The van der Waals surface area contributed by atoms with Gasteiger partial charge in [-0.1, -0.05) is 21.6 Å². The number of hydrogen-bond donors (Lipinski definition) is 3. The average molecular weight is 341 g/mol. The van der Waals surface area contributed by atoms with Gasteiger partial charge < -0.3 is 21.3 Å². The monoisotopic (exact) mass is 340 g/mol. The molecule has 0 aliphatic carbocycles. The molecule has 0 aromatic heterocycles. The number of carboxylic acids is 1. The van der Waals surface area contributed by atoms with E-state index in [2.05, 4.69) is 0 Å². The Labute approximate surface area is 126 Å². The molecule has 2 unspecified atom stereocenters. The lowest BCUT2D eigenvalue weighted by Gasteiger charge is -2.10. The number of aliphatic carboxylic acids is 1. The van der Waals surface area contributed by atoms with Crippen molar-refractivity contribution in [3.63, 3.8) is 0 Å². The molecule has 0 spiro atoms. The van der Waals surface area contributed by atoms with Gasteiger partial charge in [0.1, 0.15) is 12.1 Å². The lowest BCUT2D eigenvalue weighted by molar-refractivity contribution is -0.144. The van der Waals surface area contributed by atoms with Crippen LogP contribution in [0, 0.1) is 0 Å². The van der Waals surface area contributed by atoms with Crippen molar-refractivity contribution < 1.29 is 19.4 Å². The summed E-state index contributed by atoms with van der Waals surface area (Å²) in [4.78, 5) is 21.5. The second-order valence-corrected chi connectivity index (χ2v) is 5.42. The number of nitrogens with two attached hydrogens (primary N) is 2. The standard InChI is InChI=1S/C8H16N2O4S2.2ClH/c1-2-14-8(13)6(10)4-16-15-3-5(9)7(11)12;;/h5-6H,2-4,9-10H2,1H3,(H,11,12);2*1H. The SMILES string of the molecule is CCOC(=O)C(N)CSSCC(N)C(=O)O.Cl.Cl. The van der Waals surface area contributed by atoms with E-state index < -0.39 is 24.0 Å². The molecule has 5 N–H and O–H groups in total. The van der Waals surface area contributed by atoms with Gasteiger partial charge in [-0.3, -0.25) is 9.59 Å². The van der Waals surface area contributed by atoms with Gasteiger partial charge in [-0.2, -0.15) is 0 Å². The molecule has 0 radical (unpaired) electrons. The summed E-state index contributed by atoms with van der Waals surface area (Å²) in [6, 6.07) is -1.57. The first kappa shape index (κ1) is 23.2. The predicted molar refractivity (Wildman–Crippen MR) is 79.6 cm³/mol. The number of halogens is 2. The third-order valence-electron chi connectivity index (χ3n) is 1.49. The van der Waals surface area contributed by atoms with Crippen molar-refractivity contribution in [3.8, 4) is 0 Å². The molecule has 0 fully saturated rings. The molecule has 0 aliphatic heterocycles. The van der Waals surface area contributed by atoms with Crippen LogP contribution < -0.4 is 11.5 Å². The summed E-state index contributed by atoms with van der Waals surface area (Å²) in [7, 11) is 2.59. The van der Waals surface area contributed by atoms with Gasteiger partial charge in [-0.25, -0.2) is 0 Å².